The van der Waals surface area contributed by atoms with E-state index in [1.54, 1.807) is 6.92 Å². The fourth-order valence-corrected chi connectivity index (χ4v) is 1.63. The van der Waals surface area contributed by atoms with Crippen LogP contribution in [-0.4, -0.2) is 20.9 Å². The van der Waals surface area contributed by atoms with Crippen molar-refractivity contribution in [3.63, 3.8) is 0 Å². The predicted octanol–water partition coefficient (Wildman–Crippen LogP) is 2.22. The zero-order chi connectivity index (χ0) is 13.3. The van der Waals surface area contributed by atoms with E-state index in [1.165, 1.54) is 16.9 Å². The highest BCUT2D eigenvalue weighted by Crippen LogP contribution is 2.12. The summed E-state index contributed by atoms with van der Waals surface area (Å²) in [6.07, 6.45) is 1.32. The Balaban J connectivity index is 2.29. The zero-order valence-electron chi connectivity index (χ0n) is 9.52. The maximum absolute atomic E-state index is 13.4. The van der Waals surface area contributed by atoms with Crippen molar-refractivity contribution in [2.24, 2.45) is 0 Å². The lowest BCUT2D eigenvalue weighted by Crippen LogP contribution is -2.03. The summed E-state index contributed by atoms with van der Waals surface area (Å²) >= 11 is 0. The van der Waals surface area contributed by atoms with Gasteiger partial charge in [0.15, 0.2) is 0 Å². The molecule has 2 rings (SSSR count). The average molecular weight is 252 g/mol. The summed E-state index contributed by atoms with van der Waals surface area (Å²) in [4.78, 5) is 10.8. The molecule has 94 valence electrons. The van der Waals surface area contributed by atoms with Gasteiger partial charge in [0.2, 0.25) is 0 Å². The van der Waals surface area contributed by atoms with Crippen molar-refractivity contribution in [3.8, 4) is 0 Å². The second-order valence-corrected chi connectivity index (χ2v) is 3.87. The molecular weight excluding hydrogens is 242 g/mol. The SMILES string of the molecule is Cc1nn(Cc2ccc(F)cc2F)cc1C(=O)O. The van der Waals surface area contributed by atoms with Gasteiger partial charge in [-0.25, -0.2) is 13.6 Å². The van der Waals surface area contributed by atoms with E-state index >= 15 is 0 Å². The van der Waals surface area contributed by atoms with Gasteiger partial charge in [-0.15, -0.1) is 0 Å². The summed E-state index contributed by atoms with van der Waals surface area (Å²) in [5.74, 6) is -2.42. The summed E-state index contributed by atoms with van der Waals surface area (Å²) in [7, 11) is 0. The fourth-order valence-electron chi connectivity index (χ4n) is 1.63. The van der Waals surface area contributed by atoms with Crippen LogP contribution in [0.15, 0.2) is 24.4 Å². The number of halogens is 2. The molecule has 1 aromatic carbocycles. The van der Waals surface area contributed by atoms with E-state index in [4.69, 9.17) is 5.11 Å². The van der Waals surface area contributed by atoms with E-state index in [9.17, 15) is 13.6 Å². The van der Waals surface area contributed by atoms with Gasteiger partial charge in [-0.1, -0.05) is 6.07 Å². The molecule has 6 heteroatoms. The van der Waals surface area contributed by atoms with Crippen LogP contribution in [0.25, 0.3) is 0 Å². The smallest absolute Gasteiger partial charge is 0.339 e. The molecule has 0 saturated heterocycles. The van der Waals surface area contributed by atoms with Gasteiger partial charge in [0.25, 0.3) is 0 Å². The number of nitrogens with zero attached hydrogens (tertiary/aromatic N) is 2. The normalized spacial score (nSPS) is 10.6. The molecule has 1 N–H and O–H groups in total. The molecule has 0 spiro atoms. The first-order chi connectivity index (χ1) is 8.47. The van der Waals surface area contributed by atoms with E-state index in [0.29, 0.717) is 5.69 Å². The van der Waals surface area contributed by atoms with Crippen LogP contribution in [0.3, 0.4) is 0 Å². The molecule has 0 aliphatic heterocycles. The molecule has 0 aliphatic rings. The molecule has 0 fully saturated rings. The van der Waals surface area contributed by atoms with Gasteiger partial charge >= 0.3 is 5.97 Å². The quantitative estimate of drug-likeness (QED) is 0.911. The number of hydrogen-bond donors (Lipinski definition) is 1. The lowest BCUT2D eigenvalue weighted by Gasteiger charge is -2.03. The number of carboxylic acids is 1. The maximum atomic E-state index is 13.4. The summed E-state index contributed by atoms with van der Waals surface area (Å²) in [5.41, 5.74) is 0.665. The van der Waals surface area contributed by atoms with E-state index in [2.05, 4.69) is 5.10 Å². The third-order valence-corrected chi connectivity index (χ3v) is 2.52. The van der Waals surface area contributed by atoms with Crippen LogP contribution in [0.1, 0.15) is 21.6 Å². The van der Waals surface area contributed by atoms with Crippen LogP contribution in [0, 0.1) is 18.6 Å². The second-order valence-electron chi connectivity index (χ2n) is 3.87. The highest BCUT2D eigenvalue weighted by atomic mass is 19.1. The Hall–Kier alpha value is -2.24. The monoisotopic (exact) mass is 252 g/mol. The van der Waals surface area contributed by atoms with Crippen molar-refractivity contribution in [1.29, 1.82) is 0 Å². The number of hydrogen-bond acceptors (Lipinski definition) is 2. The van der Waals surface area contributed by atoms with Gasteiger partial charge in [0.05, 0.1) is 12.2 Å². The molecule has 0 saturated carbocycles. The standard InChI is InChI=1S/C12H10F2N2O2/c1-7-10(12(17)18)6-16(15-7)5-8-2-3-9(13)4-11(8)14/h2-4,6H,5H2,1H3,(H,17,18). The number of carbonyl (C=O) groups is 1. The maximum Gasteiger partial charge on any atom is 0.339 e. The number of aryl methyl sites for hydroxylation is 1. The number of rotatable bonds is 3. The molecule has 1 heterocycles. The van der Waals surface area contributed by atoms with Crippen molar-refractivity contribution >= 4 is 5.97 Å². The molecule has 4 nitrogen and oxygen atoms in total. The minimum Gasteiger partial charge on any atom is -0.478 e. The van der Waals surface area contributed by atoms with Crippen molar-refractivity contribution < 1.29 is 18.7 Å². The summed E-state index contributed by atoms with van der Waals surface area (Å²) in [6, 6.07) is 3.23. The number of aromatic carboxylic acids is 1. The highest BCUT2D eigenvalue weighted by Gasteiger charge is 2.13. The van der Waals surface area contributed by atoms with Crippen LogP contribution in [-0.2, 0) is 6.54 Å². The number of aromatic nitrogens is 2. The Morgan fingerprint density at radius 1 is 1.44 bits per heavy atom. The Labute approximate surface area is 101 Å². The Bertz CT molecular complexity index is 608. The van der Waals surface area contributed by atoms with Crippen molar-refractivity contribution in [3.05, 3.63) is 52.9 Å². The van der Waals surface area contributed by atoms with E-state index in [1.807, 2.05) is 0 Å². The highest BCUT2D eigenvalue weighted by molar-refractivity contribution is 5.88. The first-order valence-corrected chi connectivity index (χ1v) is 5.18. The second kappa shape index (κ2) is 4.56. The van der Waals surface area contributed by atoms with E-state index < -0.39 is 17.6 Å². The van der Waals surface area contributed by atoms with E-state index in [0.717, 1.165) is 12.1 Å². The molecule has 18 heavy (non-hydrogen) atoms. The molecule has 0 radical (unpaired) electrons. The first-order valence-electron chi connectivity index (χ1n) is 5.18. The summed E-state index contributed by atoms with van der Waals surface area (Å²) in [6.45, 7) is 1.61. The third kappa shape index (κ3) is 2.37. The zero-order valence-corrected chi connectivity index (χ0v) is 9.52. The van der Waals surface area contributed by atoms with Crippen LogP contribution in [0.5, 0.6) is 0 Å². The van der Waals surface area contributed by atoms with Crippen molar-refractivity contribution in [2.45, 2.75) is 13.5 Å². The van der Waals surface area contributed by atoms with Gasteiger partial charge in [-0.2, -0.15) is 5.10 Å². The molecule has 0 aliphatic carbocycles. The first kappa shape index (κ1) is 12.2. The predicted molar refractivity (Wildman–Crippen MR) is 59.4 cm³/mol. The number of benzene rings is 1. The molecule has 1 aromatic heterocycles. The van der Waals surface area contributed by atoms with Crippen LogP contribution >= 0.6 is 0 Å². The Morgan fingerprint density at radius 2 is 2.17 bits per heavy atom. The molecule has 0 unspecified atom stereocenters. The lowest BCUT2D eigenvalue weighted by molar-refractivity contribution is 0.0696. The average Bonchev–Trinajstić information content (AvgIpc) is 2.64. The van der Waals surface area contributed by atoms with Crippen LogP contribution < -0.4 is 0 Å². The topological polar surface area (TPSA) is 55.1 Å². The van der Waals surface area contributed by atoms with E-state index in [-0.39, 0.29) is 17.7 Å². The van der Waals surface area contributed by atoms with Crippen LogP contribution in [0.2, 0.25) is 0 Å². The largest absolute Gasteiger partial charge is 0.478 e. The summed E-state index contributed by atoms with van der Waals surface area (Å²) < 4.78 is 27.4. The molecule has 0 atom stereocenters. The molecule has 2 aromatic rings. The summed E-state index contributed by atoms with van der Waals surface area (Å²) in [5, 5.41) is 12.8. The number of carboxylic acid groups (broad SMARTS) is 1. The third-order valence-electron chi connectivity index (χ3n) is 2.52. The van der Waals surface area contributed by atoms with Crippen molar-refractivity contribution in [2.75, 3.05) is 0 Å². The van der Waals surface area contributed by atoms with Gasteiger partial charge in [0, 0.05) is 17.8 Å². The minimum absolute atomic E-state index is 0.0558. The van der Waals surface area contributed by atoms with Gasteiger partial charge in [-0.05, 0) is 13.0 Å². The Kier molecular flexibility index (Phi) is 3.10. The molecule has 0 amide bonds. The Morgan fingerprint density at radius 3 is 2.72 bits per heavy atom. The van der Waals surface area contributed by atoms with Crippen LogP contribution in [0.4, 0.5) is 8.78 Å². The van der Waals surface area contributed by atoms with Gasteiger partial charge < -0.3 is 5.11 Å². The van der Waals surface area contributed by atoms with Crippen molar-refractivity contribution in [1.82, 2.24) is 9.78 Å². The minimum atomic E-state index is -1.08. The van der Waals surface area contributed by atoms with Gasteiger partial charge in [0.1, 0.15) is 17.2 Å². The van der Waals surface area contributed by atoms with Gasteiger partial charge in [-0.3, -0.25) is 4.68 Å². The molecular formula is C12H10F2N2O2. The molecule has 0 bridgehead atoms. The fraction of sp³-hybridized carbons (Fsp3) is 0.167. The lowest BCUT2D eigenvalue weighted by atomic mass is 10.2.